The molecule has 1 saturated carbocycles. The summed E-state index contributed by atoms with van der Waals surface area (Å²) in [6, 6.07) is -1.12. The number of carbonyl (C=O) groups is 5. The van der Waals surface area contributed by atoms with Gasteiger partial charge in [0, 0.05) is 64.4 Å². The van der Waals surface area contributed by atoms with Crippen LogP contribution in [0.3, 0.4) is 0 Å². The molecule has 5 rings (SSSR count). The highest BCUT2D eigenvalue weighted by Gasteiger charge is 2.57. The summed E-state index contributed by atoms with van der Waals surface area (Å²) >= 11 is 0. The molecule has 4 aliphatic heterocycles. The van der Waals surface area contributed by atoms with Crippen LogP contribution < -0.4 is 0 Å². The first kappa shape index (κ1) is 51.6. The third-order valence-electron chi connectivity index (χ3n) is 14.9. The molecule has 14 heteroatoms. The maximum Gasteiger partial charge on any atom is 0.329 e. The van der Waals surface area contributed by atoms with Crippen molar-refractivity contribution >= 4 is 29.2 Å². The van der Waals surface area contributed by atoms with E-state index in [9.17, 15) is 39.3 Å². The zero-order valence-corrected chi connectivity index (χ0v) is 39.5. The third kappa shape index (κ3) is 12.0. The first-order chi connectivity index (χ1) is 30.3. The minimum absolute atomic E-state index is 0.0231. The third-order valence-corrected chi connectivity index (χ3v) is 14.9. The lowest BCUT2D eigenvalue weighted by Gasteiger charge is -2.50. The predicted octanol–water partition coefficient (Wildman–Crippen LogP) is 5.40. The molecule has 1 aliphatic carbocycles. The molecule has 0 aromatic heterocycles. The van der Waals surface area contributed by atoms with Gasteiger partial charge in [-0.1, -0.05) is 64.2 Å². The number of ketones is 3. The highest BCUT2D eigenvalue weighted by Crippen LogP contribution is 2.45. The largest absolute Gasteiger partial charge is 0.460 e. The van der Waals surface area contributed by atoms with E-state index in [1.54, 1.807) is 41.1 Å². The Bertz CT molecular complexity index is 1790. The van der Waals surface area contributed by atoms with Crippen LogP contribution >= 0.6 is 0 Å². The predicted molar refractivity (Wildman–Crippen MR) is 238 cm³/mol. The number of ether oxygens (including phenoxy) is 5. The van der Waals surface area contributed by atoms with Crippen LogP contribution in [-0.4, -0.2) is 132 Å². The van der Waals surface area contributed by atoms with Crippen molar-refractivity contribution in [3.8, 4) is 0 Å². The Hall–Kier alpha value is -3.37. The van der Waals surface area contributed by atoms with E-state index in [-0.39, 0.29) is 42.5 Å². The molecule has 4 fully saturated rings. The maximum atomic E-state index is 14.4. The molecule has 0 aromatic carbocycles. The van der Waals surface area contributed by atoms with Crippen molar-refractivity contribution in [3.05, 3.63) is 47.6 Å². The number of Topliss-reactive ketones (excluding diaryl/α,β-unsaturated/α-hetero) is 3. The summed E-state index contributed by atoms with van der Waals surface area (Å²) in [6.07, 6.45) is 10.8. The number of fused-ring (bicyclic) bond motifs is 4. The van der Waals surface area contributed by atoms with E-state index in [0.717, 1.165) is 5.57 Å². The van der Waals surface area contributed by atoms with Crippen LogP contribution in [0.15, 0.2) is 47.6 Å². The Balaban J connectivity index is 1.51. The normalized spacial score (nSPS) is 43.2. The second-order valence-electron chi connectivity index (χ2n) is 19.5. The summed E-state index contributed by atoms with van der Waals surface area (Å²) in [4.78, 5) is 72.0. The van der Waals surface area contributed by atoms with Gasteiger partial charge in [-0.25, -0.2) is 4.79 Å². The van der Waals surface area contributed by atoms with Crippen LogP contribution in [0.4, 0.5) is 0 Å². The molecular weight excluding hydrogens is 823 g/mol. The molecule has 1 amide bonds. The van der Waals surface area contributed by atoms with Gasteiger partial charge in [-0.05, 0) is 101 Å². The quantitative estimate of drug-likeness (QED) is 0.181. The Kier molecular flexibility index (Phi) is 18.5. The standard InChI is InChI=1S/C50H75NO13/c1-28-14-11-10-12-15-29(2)40(60-7)26-35-19-17-33(6)50(59,64-35)47(56)48(57)51-21-13-16-36-37(24-34-18-20-38(52)42(25-34)61-8)41(63-49(58)43(36)51)27-39(53)30(3)23-32(5)45(55)46(62-9)44(54)31(4)22-28/h10-12,14-15,23,28,30-31,33-38,40-43,45-46,52,55,59H,13,16-22,24-27H2,1-9H3/b12-10+,14-11+,29-15+,32-23+/t28-,30-,31-,33-,34+,35+,36-,37?,38?,40+,41+,42-,43+,45-,46+,50-/m1/s1. The van der Waals surface area contributed by atoms with Gasteiger partial charge in [0.2, 0.25) is 5.79 Å². The second kappa shape index (κ2) is 22.9. The first-order valence-corrected chi connectivity index (χ1v) is 23.5. The number of amides is 1. The number of nitrogens with zero attached hydrogens (tertiary/aromatic N) is 1. The topological polar surface area (TPSA) is 195 Å². The van der Waals surface area contributed by atoms with E-state index in [4.69, 9.17) is 23.7 Å². The molecule has 16 atom stereocenters. The number of rotatable bonds is 5. The molecule has 0 spiro atoms. The number of aliphatic hydroxyl groups is 3. The fourth-order valence-electron chi connectivity index (χ4n) is 10.9. The monoisotopic (exact) mass is 898 g/mol. The lowest BCUT2D eigenvalue weighted by molar-refractivity contribution is -0.266. The van der Waals surface area contributed by atoms with Gasteiger partial charge in [0.25, 0.3) is 11.7 Å². The van der Waals surface area contributed by atoms with Crippen molar-refractivity contribution in [3.63, 3.8) is 0 Å². The van der Waals surface area contributed by atoms with Gasteiger partial charge in [0.15, 0.2) is 5.78 Å². The maximum absolute atomic E-state index is 14.4. The lowest BCUT2D eigenvalue weighted by atomic mass is 9.68. The summed E-state index contributed by atoms with van der Waals surface area (Å²) < 4.78 is 29.4. The Morgan fingerprint density at radius 1 is 0.844 bits per heavy atom. The van der Waals surface area contributed by atoms with Crippen molar-refractivity contribution in [2.45, 2.75) is 167 Å². The summed E-state index contributed by atoms with van der Waals surface area (Å²) in [5.41, 5.74) is 1.28. The number of aliphatic hydroxyl groups excluding tert-OH is 2. The van der Waals surface area contributed by atoms with E-state index in [1.807, 2.05) is 51.2 Å². The summed E-state index contributed by atoms with van der Waals surface area (Å²) in [6.45, 7) is 10.9. The van der Waals surface area contributed by atoms with Crippen molar-refractivity contribution in [2.75, 3.05) is 27.9 Å². The van der Waals surface area contributed by atoms with E-state index in [2.05, 4.69) is 0 Å². The number of esters is 1. The SMILES string of the molecule is CO[C@H]1C[C@@H]2CC[C@@H](C)[C@@](O)(O2)C(=O)C(=O)N2CCC[C@@H]3C(C[C@@H]4CCC(O)[C@H](OC)C4)[C@H](CC(=O)[C@H](C)/C=C(\C)[C@@H](O)[C@@H](OC)C(=O)[C@H](C)C[C@H](C)/C=C/C=C/C=C/1C)OC(=O)[C@H]32. The molecule has 4 heterocycles. The van der Waals surface area contributed by atoms with Gasteiger partial charge in [-0.15, -0.1) is 0 Å². The number of hydrogen-bond acceptors (Lipinski definition) is 13. The minimum Gasteiger partial charge on any atom is -0.460 e. The van der Waals surface area contributed by atoms with E-state index in [1.165, 1.54) is 12.0 Å². The Labute approximate surface area is 379 Å². The number of piperidine rings is 1. The van der Waals surface area contributed by atoms with Gasteiger partial charge >= 0.3 is 5.97 Å². The first-order valence-electron chi connectivity index (χ1n) is 23.5. The van der Waals surface area contributed by atoms with Gasteiger partial charge in [-0.3, -0.25) is 19.2 Å². The van der Waals surface area contributed by atoms with Gasteiger partial charge in [0.05, 0.1) is 24.4 Å². The zero-order chi connectivity index (χ0) is 47.0. The number of allylic oxidation sites excluding steroid dienone is 6. The number of carbonyl (C=O) groups excluding carboxylic acids is 5. The smallest absolute Gasteiger partial charge is 0.329 e. The zero-order valence-electron chi connectivity index (χ0n) is 39.5. The van der Waals surface area contributed by atoms with Crippen molar-refractivity contribution in [1.29, 1.82) is 0 Å². The van der Waals surface area contributed by atoms with Gasteiger partial charge in [-0.2, -0.15) is 0 Å². The molecule has 14 nitrogen and oxygen atoms in total. The molecule has 3 saturated heterocycles. The molecular formula is C50H75NO13. The fraction of sp³-hybridized carbons (Fsp3) is 0.740. The molecule has 2 unspecified atom stereocenters. The molecule has 0 aromatic rings. The molecule has 5 aliphatic rings. The Morgan fingerprint density at radius 2 is 1.58 bits per heavy atom. The fourth-order valence-corrected chi connectivity index (χ4v) is 10.9. The highest BCUT2D eigenvalue weighted by molar-refractivity contribution is 6.39. The lowest BCUT2D eigenvalue weighted by Crippen LogP contribution is -2.65. The van der Waals surface area contributed by atoms with Crippen LogP contribution in [-0.2, 0) is 47.7 Å². The molecule has 3 N–H and O–H groups in total. The summed E-state index contributed by atoms with van der Waals surface area (Å²) in [7, 11) is 4.52. The molecule has 0 radical (unpaired) electrons. The van der Waals surface area contributed by atoms with Crippen molar-refractivity contribution < 1.29 is 63.0 Å². The van der Waals surface area contributed by atoms with Crippen LogP contribution in [0.2, 0.25) is 0 Å². The molecule has 64 heavy (non-hydrogen) atoms. The van der Waals surface area contributed by atoms with Gasteiger partial charge in [0.1, 0.15) is 30.1 Å². The van der Waals surface area contributed by atoms with Crippen LogP contribution in [0.5, 0.6) is 0 Å². The minimum atomic E-state index is -2.43. The average Bonchev–Trinajstić information content (AvgIpc) is 3.27. The average molecular weight is 898 g/mol. The summed E-state index contributed by atoms with van der Waals surface area (Å²) in [5, 5.41) is 34.1. The van der Waals surface area contributed by atoms with Crippen molar-refractivity contribution in [2.24, 2.45) is 41.4 Å². The number of hydrogen-bond donors (Lipinski definition) is 3. The Morgan fingerprint density at radius 3 is 2.27 bits per heavy atom. The number of methoxy groups -OCH3 is 3. The van der Waals surface area contributed by atoms with E-state index < -0.39 is 95.7 Å². The second-order valence-corrected chi connectivity index (χ2v) is 19.5. The highest BCUT2D eigenvalue weighted by atomic mass is 16.6. The van der Waals surface area contributed by atoms with E-state index in [0.29, 0.717) is 69.8 Å². The van der Waals surface area contributed by atoms with E-state index >= 15 is 0 Å². The molecule has 358 valence electrons. The molecule has 4 bridgehead atoms. The van der Waals surface area contributed by atoms with Crippen LogP contribution in [0.1, 0.15) is 112 Å². The summed E-state index contributed by atoms with van der Waals surface area (Å²) in [5.74, 6) is -8.43. The van der Waals surface area contributed by atoms with Crippen molar-refractivity contribution in [1.82, 2.24) is 4.90 Å². The van der Waals surface area contributed by atoms with Gasteiger partial charge < -0.3 is 43.9 Å². The van der Waals surface area contributed by atoms with Crippen LogP contribution in [0, 0.1) is 41.4 Å². The van der Waals surface area contributed by atoms with Crippen LogP contribution in [0.25, 0.3) is 0 Å².